The third-order valence-corrected chi connectivity index (χ3v) is 3.55. The van der Waals surface area contributed by atoms with Crippen LogP contribution in [-0.2, 0) is 11.2 Å². The van der Waals surface area contributed by atoms with Crippen molar-refractivity contribution in [3.63, 3.8) is 0 Å². The number of hydrogen-bond acceptors (Lipinski definition) is 3. The molecule has 0 heterocycles. The van der Waals surface area contributed by atoms with E-state index in [1.54, 1.807) is 48.5 Å². The second kappa shape index (κ2) is 9.03. The van der Waals surface area contributed by atoms with Crippen molar-refractivity contribution in [1.29, 1.82) is 0 Å². The molecule has 0 amide bonds. The highest BCUT2D eigenvalue weighted by Crippen LogP contribution is 2.32. The van der Waals surface area contributed by atoms with E-state index >= 15 is 0 Å². The maximum absolute atomic E-state index is 10.8. The van der Waals surface area contributed by atoms with E-state index in [1.807, 2.05) is 30.3 Å². The van der Waals surface area contributed by atoms with Crippen molar-refractivity contribution in [3.05, 3.63) is 90.0 Å². The minimum Gasteiger partial charge on any atom is -0.507 e. The van der Waals surface area contributed by atoms with Gasteiger partial charge in [0, 0.05) is 5.56 Å². The van der Waals surface area contributed by atoms with Gasteiger partial charge < -0.3 is 15.3 Å². The molecule has 0 spiro atoms. The first-order valence-electron chi connectivity index (χ1n) is 7.85. The third kappa shape index (κ3) is 5.21. The van der Waals surface area contributed by atoms with E-state index in [9.17, 15) is 14.7 Å². The number of aromatic carboxylic acids is 1. The quantitative estimate of drug-likeness (QED) is 0.659. The van der Waals surface area contributed by atoms with Crippen LogP contribution in [0, 0.1) is 0 Å². The zero-order chi connectivity index (χ0) is 18.9. The van der Waals surface area contributed by atoms with Gasteiger partial charge in [-0.1, -0.05) is 60.7 Å². The van der Waals surface area contributed by atoms with E-state index in [4.69, 9.17) is 10.2 Å². The molecular weight excluding hydrogens is 332 g/mol. The van der Waals surface area contributed by atoms with E-state index in [1.165, 1.54) is 0 Å². The highest BCUT2D eigenvalue weighted by Gasteiger charge is 2.12. The van der Waals surface area contributed by atoms with Crippen molar-refractivity contribution in [2.75, 3.05) is 0 Å². The van der Waals surface area contributed by atoms with Gasteiger partial charge in [0.2, 0.25) is 0 Å². The monoisotopic (exact) mass is 350 g/mol. The summed E-state index contributed by atoms with van der Waals surface area (Å²) in [5.41, 5.74) is 2.36. The average molecular weight is 350 g/mol. The first-order chi connectivity index (χ1) is 12.5. The molecule has 0 aliphatic rings. The Morgan fingerprint density at radius 1 is 0.731 bits per heavy atom. The maximum Gasteiger partial charge on any atom is 0.335 e. The molecule has 3 N–H and O–H groups in total. The number of carbonyl (C=O) groups is 2. The molecule has 5 heteroatoms. The smallest absolute Gasteiger partial charge is 0.335 e. The number of aromatic hydroxyl groups is 1. The number of phenols is 1. The van der Waals surface area contributed by atoms with Gasteiger partial charge in [-0.15, -0.1) is 0 Å². The van der Waals surface area contributed by atoms with Gasteiger partial charge in [0.05, 0.1) is 12.0 Å². The third-order valence-electron chi connectivity index (χ3n) is 3.55. The predicted octanol–water partition coefficient (Wildman–Crippen LogP) is 4.07. The highest BCUT2D eigenvalue weighted by molar-refractivity contribution is 5.87. The van der Waals surface area contributed by atoms with Crippen LogP contribution in [-0.4, -0.2) is 27.3 Å². The number of aliphatic carboxylic acids is 1. The molecule has 3 aromatic rings. The van der Waals surface area contributed by atoms with Crippen LogP contribution in [0.4, 0.5) is 0 Å². The van der Waals surface area contributed by atoms with Gasteiger partial charge in [0.1, 0.15) is 5.75 Å². The molecule has 0 saturated heterocycles. The summed E-state index contributed by atoms with van der Waals surface area (Å²) in [7, 11) is 0. The molecular formula is C21H18O5. The summed E-state index contributed by atoms with van der Waals surface area (Å²) in [6.45, 7) is 0. The lowest BCUT2D eigenvalue weighted by Gasteiger charge is -2.10. The van der Waals surface area contributed by atoms with Crippen LogP contribution in [0.3, 0.4) is 0 Å². The Hall–Kier alpha value is -3.60. The molecule has 0 fully saturated rings. The fourth-order valence-corrected chi connectivity index (χ4v) is 2.42. The SMILES string of the molecule is O=C(O)Cc1cccc(O)c1-c1ccccc1.O=C(O)c1ccccc1. The van der Waals surface area contributed by atoms with Crippen molar-refractivity contribution >= 4 is 11.9 Å². The van der Waals surface area contributed by atoms with Crippen LogP contribution in [0.25, 0.3) is 11.1 Å². The summed E-state index contributed by atoms with van der Waals surface area (Å²) in [6, 6.07) is 22.5. The molecule has 0 aliphatic carbocycles. The van der Waals surface area contributed by atoms with Crippen LogP contribution >= 0.6 is 0 Å². The van der Waals surface area contributed by atoms with Crippen molar-refractivity contribution in [3.8, 4) is 16.9 Å². The van der Waals surface area contributed by atoms with Gasteiger partial charge in [-0.25, -0.2) is 4.79 Å². The fourth-order valence-electron chi connectivity index (χ4n) is 2.42. The van der Waals surface area contributed by atoms with Crippen LogP contribution in [0.5, 0.6) is 5.75 Å². The van der Waals surface area contributed by atoms with Crippen LogP contribution in [0.15, 0.2) is 78.9 Å². The summed E-state index contributed by atoms with van der Waals surface area (Å²) >= 11 is 0. The Labute approximate surface area is 150 Å². The molecule has 0 aliphatic heterocycles. The standard InChI is InChI=1S/C14H12O3.C7H6O2/c15-12-8-4-7-11(9-13(16)17)14(12)10-5-2-1-3-6-10;8-7(9)6-4-2-1-3-5-6/h1-8,15H,9H2,(H,16,17);1-5H,(H,8,9). The lowest BCUT2D eigenvalue weighted by Crippen LogP contribution is -2.01. The molecule has 26 heavy (non-hydrogen) atoms. The summed E-state index contributed by atoms with van der Waals surface area (Å²) in [6.07, 6.45) is -0.0986. The van der Waals surface area contributed by atoms with Crippen LogP contribution < -0.4 is 0 Å². The van der Waals surface area contributed by atoms with Crippen LogP contribution in [0.1, 0.15) is 15.9 Å². The molecule has 0 radical (unpaired) electrons. The van der Waals surface area contributed by atoms with Gasteiger partial charge in [-0.2, -0.15) is 0 Å². The Bertz CT molecular complexity index is 873. The molecule has 0 saturated carbocycles. The summed E-state index contributed by atoms with van der Waals surface area (Å²) in [4.78, 5) is 21.0. The maximum atomic E-state index is 10.8. The number of benzene rings is 3. The molecule has 0 bridgehead atoms. The number of carboxylic acid groups (broad SMARTS) is 2. The van der Waals surface area contributed by atoms with Crippen molar-refractivity contribution < 1.29 is 24.9 Å². The second-order valence-corrected chi connectivity index (χ2v) is 5.42. The van der Waals surface area contributed by atoms with Gasteiger partial charge >= 0.3 is 11.9 Å². The van der Waals surface area contributed by atoms with Crippen LogP contribution in [0.2, 0.25) is 0 Å². The molecule has 0 atom stereocenters. The Morgan fingerprint density at radius 3 is 1.81 bits per heavy atom. The van der Waals surface area contributed by atoms with Gasteiger partial charge in [-0.05, 0) is 29.3 Å². The molecule has 132 valence electrons. The van der Waals surface area contributed by atoms with E-state index < -0.39 is 11.9 Å². The molecule has 3 aromatic carbocycles. The fraction of sp³-hybridized carbons (Fsp3) is 0.0476. The number of phenolic OH excluding ortho intramolecular Hbond substituents is 1. The van der Waals surface area contributed by atoms with Crippen molar-refractivity contribution in [1.82, 2.24) is 0 Å². The normalized spacial score (nSPS) is 9.69. The largest absolute Gasteiger partial charge is 0.507 e. The number of rotatable bonds is 4. The lowest BCUT2D eigenvalue weighted by molar-refractivity contribution is -0.136. The van der Waals surface area contributed by atoms with E-state index in [0.29, 0.717) is 16.7 Å². The highest BCUT2D eigenvalue weighted by atomic mass is 16.4. The second-order valence-electron chi connectivity index (χ2n) is 5.42. The minimum atomic E-state index is -0.909. The number of carboxylic acids is 2. The van der Waals surface area contributed by atoms with Gasteiger partial charge in [0.15, 0.2) is 0 Å². The van der Waals surface area contributed by atoms with Crippen molar-refractivity contribution in [2.45, 2.75) is 6.42 Å². The zero-order valence-corrected chi connectivity index (χ0v) is 13.9. The molecule has 0 unspecified atom stereocenters. The molecule has 0 aromatic heterocycles. The summed E-state index contributed by atoms with van der Waals surface area (Å²) < 4.78 is 0. The van der Waals surface area contributed by atoms with Gasteiger partial charge in [0.25, 0.3) is 0 Å². The Balaban J connectivity index is 0.000000228. The zero-order valence-electron chi connectivity index (χ0n) is 13.9. The Morgan fingerprint density at radius 2 is 1.31 bits per heavy atom. The Kier molecular flexibility index (Phi) is 6.51. The van der Waals surface area contributed by atoms with Crippen molar-refractivity contribution in [2.24, 2.45) is 0 Å². The van der Waals surface area contributed by atoms with E-state index in [0.717, 1.165) is 5.56 Å². The molecule has 5 nitrogen and oxygen atoms in total. The summed E-state index contributed by atoms with van der Waals surface area (Å²) in [5, 5.41) is 27.1. The van der Waals surface area contributed by atoms with Gasteiger partial charge in [-0.3, -0.25) is 4.79 Å². The summed E-state index contributed by atoms with van der Waals surface area (Å²) in [5.74, 6) is -1.68. The predicted molar refractivity (Wildman–Crippen MR) is 98.3 cm³/mol. The lowest BCUT2D eigenvalue weighted by atomic mass is 9.97. The minimum absolute atomic E-state index is 0.0986. The first-order valence-corrected chi connectivity index (χ1v) is 7.85. The molecule has 3 rings (SSSR count). The van der Waals surface area contributed by atoms with E-state index in [2.05, 4.69) is 0 Å². The number of hydrogen-bond donors (Lipinski definition) is 3. The first kappa shape index (κ1) is 18.7. The topological polar surface area (TPSA) is 94.8 Å². The average Bonchev–Trinajstić information content (AvgIpc) is 2.63. The van der Waals surface area contributed by atoms with E-state index in [-0.39, 0.29) is 12.2 Å².